The minimum absolute atomic E-state index is 0.352. The summed E-state index contributed by atoms with van der Waals surface area (Å²) in [7, 11) is 0. The van der Waals surface area contributed by atoms with Crippen molar-refractivity contribution in [3.8, 4) is 11.4 Å². The Kier molecular flexibility index (Phi) is 4.89. The summed E-state index contributed by atoms with van der Waals surface area (Å²) in [4.78, 5) is 1.34. The second kappa shape index (κ2) is 7.86. The van der Waals surface area contributed by atoms with Gasteiger partial charge in [0.25, 0.3) is 0 Å². The van der Waals surface area contributed by atoms with Crippen LogP contribution in [0.3, 0.4) is 0 Å². The van der Waals surface area contributed by atoms with Gasteiger partial charge in [0.05, 0.1) is 6.04 Å². The lowest BCUT2D eigenvalue weighted by atomic mass is 10.2. The fourth-order valence-electron chi connectivity index (χ4n) is 3.82. The monoisotopic (exact) mass is 452 g/mol. The lowest BCUT2D eigenvalue weighted by molar-refractivity contribution is 0.592. The summed E-state index contributed by atoms with van der Waals surface area (Å²) in [5.41, 5.74) is 1.12. The summed E-state index contributed by atoms with van der Waals surface area (Å²) in [6.07, 6.45) is 3.33. The van der Waals surface area contributed by atoms with E-state index in [9.17, 15) is 0 Å². The van der Waals surface area contributed by atoms with E-state index in [1.165, 1.54) is 17.7 Å². The van der Waals surface area contributed by atoms with E-state index in [1.807, 2.05) is 17.8 Å². The third kappa shape index (κ3) is 3.48. The fourth-order valence-corrected chi connectivity index (χ4v) is 6.85. The van der Waals surface area contributed by atoms with Crippen LogP contribution in [0.25, 0.3) is 11.4 Å². The largest absolute Gasteiger partial charge is 0.303 e. The highest BCUT2D eigenvalue weighted by atomic mass is 32.2. The van der Waals surface area contributed by atoms with Gasteiger partial charge in [-0.05, 0) is 24.3 Å². The van der Waals surface area contributed by atoms with E-state index < -0.39 is 0 Å². The summed E-state index contributed by atoms with van der Waals surface area (Å²) in [5, 5.41) is 22.2. The van der Waals surface area contributed by atoms with Gasteiger partial charge in [0.15, 0.2) is 16.1 Å². The van der Waals surface area contributed by atoms with Crippen molar-refractivity contribution in [1.29, 1.82) is 0 Å². The van der Waals surface area contributed by atoms with E-state index in [0.29, 0.717) is 12.1 Å². The van der Waals surface area contributed by atoms with Gasteiger partial charge in [-0.25, -0.2) is 0 Å². The molecule has 152 valence electrons. The average molecular weight is 453 g/mol. The minimum Gasteiger partial charge on any atom is -0.303 e. The number of aromatic nitrogens is 6. The highest BCUT2D eigenvalue weighted by molar-refractivity contribution is 8.00. The van der Waals surface area contributed by atoms with Crippen LogP contribution in [0.15, 0.2) is 58.2 Å². The summed E-state index contributed by atoms with van der Waals surface area (Å²) < 4.78 is 4.69. The molecule has 9 heteroatoms. The summed E-state index contributed by atoms with van der Waals surface area (Å²) >= 11 is 5.40. The highest BCUT2D eigenvalue weighted by Crippen LogP contribution is 2.42. The molecule has 1 aromatic carbocycles. The van der Waals surface area contributed by atoms with Crippen LogP contribution >= 0.6 is 34.9 Å². The van der Waals surface area contributed by atoms with E-state index in [0.717, 1.165) is 45.5 Å². The SMILES string of the molecule is c1ccc(-c2nnc3n2C(CSc2nnc(Cc4cccs4)n2C2CC2)CS3)cc1. The molecule has 2 aliphatic rings. The maximum Gasteiger partial charge on any atom is 0.191 e. The smallest absolute Gasteiger partial charge is 0.191 e. The van der Waals surface area contributed by atoms with Crippen molar-refractivity contribution in [1.82, 2.24) is 29.5 Å². The van der Waals surface area contributed by atoms with E-state index in [2.05, 4.69) is 71.3 Å². The standard InChI is InChI=1S/C21H20N6S3/c1-2-5-14(6-3-1)19-23-25-21-27(19)16(13-30-21)12-29-20-24-22-18(26(20)15-8-9-15)11-17-7-4-10-28-17/h1-7,10,15-16H,8-9,11-13H2. The van der Waals surface area contributed by atoms with Gasteiger partial charge in [-0.1, -0.05) is 59.9 Å². The van der Waals surface area contributed by atoms with Crippen molar-refractivity contribution in [2.75, 3.05) is 11.5 Å². The molecule has 3 aromatic heterocycles. The molecular formula is C21H20N6S3. The molecule has 1 atom stereocenters. The Morgan fingerprint density at radius 3 is 2.67 bits per heavy atom. The number of hydrogen-bond acceptors (Lipinski definition) is 7. The van der Waals surface area contributed by atoms with Gasteiger partial charge >= 0.3 is 0 Å². The number of benzene rings is 1. The quantitative estimate of drug-likeness (QED) is 0.369. The molecule has 6 rings (SSSR count). The second-order valence-corrected chi connectivity index (χ2v) is 10.6. The molecule has 4 aromatic rings. The number of thioether (sulfide) groups is 2. The van der Waals surface area contributed by atoms with Gasteiger partial charge in [0.1, 0.15) is 5.82 Å². The van der Waals surface area contributed by atoms with Crippen molar-refractivity contribution < 1.29 is 0 Å². The second-order valence-electron chi connectivity index (χ2n) is 7.57. The molecule has 0 saturated heterocycles. The van der Waals surface area contributed by atoms with Crippen molar-refractivity contribution >= 4 is 34.9 Å². The lowest BCUT2D eigenvalue weighted by Crippen LogP contribution is -2.12. The Hall–Kier alpha value is -2.10. The van der Waals surface area contributed by atoms with Crippen molar-refractivity contribution in [2.24, 2.45) is 0 Å². The number of fused-ring (bicyclic) bond motifs is 1. The van der Waals surface area contributed by atoms with Gasteiger partial charge in [0.2, 0.25) is 0 Å². The molecule has 0 amide bonds. The normalized spacial score (nSPS) is 18.1. The van der Waals surface area contributed by atoms with Crippen LogP contribution in [0.2, 0.25) is 0 Å². The van der Waals surface area contributed by atoms with Crippen LogP contribution in [0.4, 0.5) is 0 Å². The third-order valence-corrected chi connectivity index (χ3v) is 8.48. The van der Waals surface area contributed by atoms with Gasteiger partial charge in [-0.3, -0.25) is 4.57 Å². The zero-order valence-corrected chi connectivity index (χ0v) is 18.7. The van der Waals surface area contributed by atoms with Crippen LogP contribution in [-0.2, 0) is 6.42 Å². The maximum atomic E-state index is 4.58. The summed E-state index contributed by atoms with van der Waals surface area (Å²) in [6.45, 7) is 0. The van der Waals surface area contributed by atoms with Crippen molar-refractivity contribution in [3.63, 3.8) is 0 Å². The first-order chi connectivity index (χ1) is 14.9. The number of rotatable bonds is 7. The molecule has 1 aliphatic heterocycles. The molecule has 0 radical (unpaired) electrons. The predicted octanol–water partition coefficient (Wildman–Crippen LogP) is 4.96. The third-order valence-electron chi connectivity index (χ3n) is 5.43. The Bertz CT molecular complexity index is 1150. The van der Waals surface area contributed by atoms with Gasteiger partial charge < -0.3 is 4.57 Å². The Morgan fingerprint density at radius 2 is 1.87 bits per heavy atom. The van der Waals surface area contributed by atoms with E-state index in [-0.39, 0.29) is 0 Å². The summed E-state index contributed by atoms with van der Waals surface area (Å²) in [5.74, 6) is 4.03. The van der Waals surface area contributed by atoms with Crippen LogP contribution in [0.5, 0.6) is 0 Å². The van der Waals surface area contributed by atoms with Crippen LogP contribution in [0, 0.1) is 0 Å². The molecule has 1 fully saturated rings. The highest BCUT2D eigenvalue weighted by Gasteiger charge is 2.32. The molecule has 1 saturated carbocycles. The molecular weight excluding hydrogens is 432 g/mol. The molecule has 4 heterocycles. The first kappa shape index (κ1) is 18.7. The molecule has 0 bridgehead atoms. The fraction of sp³-hybridized carbons (Fsp3) is 0.333. The molecule has 0 N–H and O–H groups in total. The molecule has 6 nitrogen and oxygen atoms in total. The zero-order chi connectivity index (χ0) is 19.9. The van der Waals surface area contributed by atoms with Gasteiger partial charge in [-0.15, -0.1) is 31.7 Å². The lowest BCUT2D eigenvalue weighted by Gasteiger charge is -2.15. The van der Waals surface area contributed by atoms with Gasteiger partial charge in [-0.2, -0.15) is 0 Å². The zero-order valence-electron chi connectivity index (χ0n) is 16.2. The molecule has 0 spiro atoms. The first-order valence-corrected chi connectivity index (χ1v) is 12.9. The Morgan fingerprint density at radius 1 is 0.967 bits per heavy atom. The average Bonchev–Trinajstić information content (AvgIpc) is 3.17. The maximum absolute atomic E-state index is 4.58. The number of thiophene rings is 1. The Labute approximate surface area is 187 Å². The molecule has 30 heavy (non-hydrogen) atoms. The Balaban J connectivity index is 1.23. The van der Waals surface area contributed by atoms with Crippen LogP contribution in [0.1, 0.15) is 35.6 Å². The van der Waals surface area contributed by atoms with Crippen LogP contribution < -0.4 is 0 Å². The predicted molar refractivity (Wildman–Crippen MR) is 121 cm³/mol. The summed E-state index contributed by atoms with van der Waals surface area (Å²) in [6, 6.07) is 15.5. The minimum atomic E-state index is 0.352. The number of hydrogen-bond donors (Lipinski definition) is 0. The van der Waals surface area contributed by atoms with Crippen molar-refractivity contribution in [3.05, 3.63) is 58.5 Å². The van der Waals surface area contributed by atoms with Crippen LogP contribution in [-0.4, -0.2) is 41.0 Å². The van der Waals surface area contributed by atoms with Gasteiger partial charge in [0, 0.05) is 34.4 Å². The van der Waals surface area contributed by atoms with Crippen molar-refractivity contribution in [2.45, 2.75) is 41.7 Å². The first-order valence-electron chi connectivity index (χ1n) is 10.1. The van der Waals surface area contributed by atoms with E-state index >= 15 is 0 Å². The molecule has 1 unspecified atom stereocenters. The topological polar surface area (TPSA) is 61.4 Å². The van der Waals surface area contributed by atoms with E-state index in [4.69, 9.17) is 0 Å². The number of nitrogens with zero attached hydrogens (tertiary/aromatic N) is 6. The molecule has 1 aliphatic carbocycles. The van der Waals surface area contributed by atoms with E-state index in [1.54, 1.807) is 23.1 Å².